The van der Waals surface area contributed by atoms with Crippen LogP contribution in [0.2, 0.25) is 0 Å². The molecule has 5 nitrogen and oxygen atoms in total. The summed E-state index contributed by atoms with van der Waals surface area (Å²) in [7, 11) is 1.65. The number of para-hydroxylation sites is 2. The zero-order chi connectivity index (χ0) is 13.9. The highest BCUT2D eigenvalue weighted by Crippen LogP contribution is 2.32. The highest BCUT2D eigenvalue weighted by Gasteiger charge is 2.37. The first-order valence-corrected chi connectivity index (χ1v) is 7.20. The van der Waals surface area contributed by atoms with E-state index in [1.807, 2.05) is 29.2 Å². The summed E-state index contributed by atoms with van der Waals surface area (Å²) in [6.45, 7) is 4.62. The monoisotopic (exact) mass is 275 g/mol. The Bertz CT molecular complexity index is 486. The number of ether oxygens (including phenoxy) is 1. The molecule has 1 aromatic rings. The maximum absolute atomic E-state index is 12.7. The Hall–Kier alpha value is -1.59. The van der Waals surface area contributed by atoms with Gasteiger partial charge < -0.3 is 15.0 Å². The average molecular weight is 275 g/mol. The van der Waals surface area contributed by atoms with Gasteiger partial charge >= 0.3 is 0 Å². The Balaban J connectivity index is 1.78. The third kappa shape index (κ3) is 2.39. The van der Waals surface area contributed by atoms with Gasteiger partial charge in [0.1, 0.15) is 5.75 Å². The molecule has 2 fully saturated rings. The normalized spacial score (nSPS) is 24.1. The Morgan fingerprint density at radius 1 is 1.20 bits per heavy atom. The molecule has 0 bridgehead atoms. The Kier molecular flexibility index (Phi) is 3.89. The number of rotatable bonds is 3. The lowest BCUT2D eigenvalue weighted by atomic mass is 10.2. The third-order valence-electron chi connectivity index (χ3n) is 4.15. The minimum absolute atomic E-state index is 0.0296. The lowest BCUT2D eigenvalue weighted by Gasteiger charge is -2.31. The highest BCUT2D eigenvalue weighted by molar-refractivity contribution is 6.00. The van der Waals surface area contributed by atoms with E-state index in [-0.39, 0.29) is 11.9 Å². The van der Waals surface area contributed by atoms with Crippen LogP contribution < -0.4 is 15.0 Å². The number of nitrogens with one attached hydrogen (secondary N) is 1. The minimum atomic E-state index is 0.0296. The second-order valence-electron chi connectivity index (χ2n) is 5.25. The molecule has 1 aromatic carbocycles. The van der Waals surface area contributed by atoms with E-state index in [0.29, 0.717) is 0 Å². The molecule has 0 radical (unpaired) electrons. The van der Waals surface area contributed by atoms with Gasteiger partial charge in [-0.15, -0.1) is 0 Å². The molecule has 5 heteroatoms. The maximum atomic E-state index is 12.7. The van der Waals surface area contributed by atoms with Gasteiger partial charge in [0.25, 0.3) is 0 Å². The Morgan fingerprint density at radius 2 is 1.95 bits per heavy atom. The molecule has 108 valence electrons. The van der Waals surface area contributed by atoms with E-state index in [1.165, 1.54) is 0 Å². The molecule has 1 unspecified atom stereocenters. The SMILES string of the molecule is COc1ccccc1N1CCC(N2CCNCC2)C1=O. The first kappa shape index (κ1) is 13.4. The minimum Gasteiger partial charge on any atom is -0.495 e. The smallest absolute Gasteiger partial charge is 0.244 e. The molecular weight excluding hydrogens is 254 g/mol. The number of methoxy groups -OCH3 is 1. The number of carbonyl (C=O) groups is 1. The van der Waals surface area contributed by atoms with Gasteiger partial charge in [-0.3, -0.25) is 9.69 Å². The van der Waals surface area contributed by atoms with Gasteiger partial charge in [-0.1, -0.05) is 12.1 Å². The van der Waals surface area contributed by atoms with Gasteiger partial charge in [0.05, 0.1) is 18.8 Å². The van der Waals surface area contributed by atoms with Crippen molar-refractivity contribution in [3.63, 3.8) is 0 Å². The van der Waals surface area contributed by atoms with Crippen molar-refractivity contribution in [3.8, 4) is 5.75 Å². The van der Waals surface area contributed by atoms with Crippen LogP contribution in [-0.4, -0.2) is 56.7 Å². The molecular formula is C15H21N3O2. The van der Waals surface area contributed by atoms with Crippen molar-refractivity contribution in [2.24, 2.45) is 0 Å². The first-order chi connectivity index (χ1) is 9.81. The fraction of sp³-hybridized carbons (Fsp3) is 0.533. The van der Waals surface area contributed by atoms with Gasteiger partial charge in [0, 0.05) is 32.7 Å². The van der Waals surface area contributed by atoms with Gasteiger partial charge in [0.15, 0.2) is 0 Å². The predicted molar refractivity (Wildman–Crippen MR) is 78.2 cm³/mol. The number of carbonyl (C=O) groups excluding carboxylic acids is 1. The summed E-state index contributed by atoms with van der Waals surface area (Å²) < 4.78 is 5.37. The second-order valence-corrected chi connectivity index (χ2v) is 5.25. The third-order valence-corrected chi connectivity index (χ3v) is 4.15. The standard InChI is InChI=1S/C15H21N3O2/c1-20-14-5-3-2-4-12(14)18-9-6-13(15(18)19)17-10-7-16-8-11-17/h2-5,13,16H,6-11H2,1H3. The molecule has 1 N–H and O–H groups in total. The average Bonchev–Trinajstić information content (AvgIpc) is 2.89. The van der Waals surface area contributed by atoms with Crippen LogP contribution in [0.1, 0.15) is 6.42 Å². The molecule has 0 aromatic heterocycles. The zero-order valence-electron chi connectivity index (χ0n) is 11.8. The van der Waals surface area contributed by atoms with Gasteiger partial charge in [-0.05, 0) is 18.6 Å². The molecule has 0 saturated carbocycles. The molecule has 2 saturated heterocycles. The fourth-order valence-electron chi connectivity index (χ4n) is 3.09. The maximum Gasteiger partial charge on any atom is 0.244 e. The molecule has 0 aliphatic carbocycles. The molecule has 2 aliphatic heterocycles. The van der Waals surface area contributed by atoms with Crippen LogP contribution in [-0.2, 0) is 4.79 Å². The molecule has 3 rings (SSSR count). The van der Waals surface area contributed by atoms with Crippen LogP contribution in [0, 0.1) is 0 Å². The van der Waals surface area contributed by atoms with E-state index in [9.17, 15) is 4.79 Å². The van der Waals surface area contributed by atoms with Gasteiger partial charge in [-0.25, -0.2) is 0 Å². The van der Waals surface area contributed by atoms with E-state index in [1.54, 1.807) is 7.11 Å². The molecule has 1 atom stereocenters. The van der Waals surface area contributed by atoms with E-state index >= 15 is 0 Å². The Morgan fingerprint density at radius 3 is 2.70 bits per heavy atom. The van der Waals surface area contributed by atoms with E-state index < -0.39 is 0 Å². The Labute approximate surface area is 119 Å². The topological polar surface area (TPSA) is 44.8 Å². The van der Waals surface area contributed by atoms with Crippen LogP contribution in [0.5, 0.6) is 5.75 Å². The van der Waals surface area contributed by atoms with Crippen molar-refractivity contribution < 1.29 is 9.53 Å². The van der Waals surface area contributed by atoms with Crippen molar-refractivity contribution in [1.29, 1.82) is 0 Å². The first-order valence-electron chi connectivity index (χ1n) is 7.20. The summed E-state index contributed by atoms with van der Waals surface area (Å²) in [5.41, 5.74) is 0.887. The van der Waals surface area contributed by atoms with Crippen molar-refractivity contribution in [2.45, 2.75) is 12.5 Å². The van der Waals surface area contributed by atoms with E-state index in [4.69, 9.17) is 4.74 Å². The number of amides is 1. The summed E-state index contributed by atoms with van der Waals surface area (Å²) >= 11 is 0. The van der Waals surface area contributed by atoms with Crippen LogP contribution in [0.3, 0.4) is 0 Å². The molecule has 2 heterocycles. The number of nitrogens with zero attached hydrogens (tertiary/aromatic N) is 2. The van der Waals surface area contributed by atoms with Crippen LogP contribution in [0.15, 0.2) is 24.3 Å². The second kappa shape index (κ2) is 5.81. The summed E-state index contributed by atoms with van der Waals surface area (Å²) in [4.78, 5) is 16.8. The molecule has 0 spiro atoms. The number of piperazine rings is 1. The van der Waals surface area contributed by atoms with Crippen molar-refractivity contribution in [2.75, 3.05) is 44.7 Å². The molecule has 20 heavy (non-hydrogen) atoms. The van der Waals surface area contributed by atoms with Gasteiger partial charge in [-0.2, -0.15) is 0 Å². The summed E-state index contributed by atoms with van der Waals surface area (Å²) in [5, 5.41) is 3.33. The van der Waals surface area contributed by atoms with E-state index in [2.05, 4.69) is 10.2 Å². The predicted octanol–water partition coefficient (Wildman–Crippen LogP) is 0.706. The largest absolute Gasteiger partial charge is 0.495 e. The number of anilines is 1. The number of hydrogen-bond acceptors (Lipinski definition) is 4. The highest BCUT2D eigenvalue weighted by atomic mass is 16.5. The van der Waals surface area contributed by atoms with Crippen molar-refractivity contribution in [3.05, 3.63) is 24.3 Å². The number of hydrogen-bond donors (Lipinski definition) is 1. The van der Waals surface area contributed by atoms with Crippen molar-refractivity contribution in [1.82, 2.24) is 10.2 Å². The van der Waals surface area contributed by atoms with Crippen LogP contribution >= 0.6 is 0 Å². The lowest BCUT2D eigenvalue weighted by molar-refractivity contribution is -0.121. The fourth-order valence-corrected chi connectivity index (χ4v) is 3.09. The quantitative estimate of drug-likeness (QED) is 0.882. The summed E-state index contributed by atoms with van der Waals surface area (Å²) in [6.07, 6.45) is 0.900. The van der Waals surface area contributed by atoms with Crippen LogP contribution in [0.4, 0.5) is 5.69 Å². The van der Waals surface area contributed by atoms with Crippen LogP contribution in [0.25, 0.3) is 0 Å². The number of benzene rings is 1. The summed E-state index contributed by atoms with van der Waals surface area (Å²) in [5.74, 6) is 0.971. The zero-order valence-corrected chi connectivity index (χ0v) is 11.8. The summed E-state index contributed by atoms with van der Waals surface area (Å²) in [6, 6.07) is 7.76. The van der Waals surface area contributed by atoms with E-state index in [0.717, 1.165) is 50.6 Å². The van der Waals surface area contributed by atoms with Crippen molar-refractivity contribution >= 4 is 11.6 Å². The van der Waals surface area contributed by atoms with Gasteiger partial charge in [0.2, 0.25) is 5.91 Å². The molecule has 1 amide bonds. The lowest BCUT2D eigenvalue weighted by Crippen LogP contribution is -2.51. The molecule has 2 aliphatic rings.